The number of aryl methyl sites for hydroxylation is 1. The van der Waals surface area contributed by atoms with E-state index >= 15 is 0 Å². The molecule has 0 radical (unpaired) electrons. The van der Waals surface area contributed by atoms with E-state index in [-0.39, 0.29) is 12.0 Å². The Morgan fingerprint density at radius 2 is 2.22 bits per heavy atom. The third kappa shape index (κ3) is 3.31. The Balaban J connectivity index is 1.65. The Morgan fingerprint density at radius 1 is 1.39 bits per heavy atom. The molecule has 0 bridgehead atoms. The largest absolute Gasteiger partial charge is 0.485 e. The van der Waals surface area contributed by atoms with Gasteiger partial charge in [-0.2, -0.15) is 0 Å². The number of likely N-dealkylation sites (tertiary alicyclic amines) is 1. The van der Waals surface area contributed by atoms with Gasteiger partial charge in [0.15, 0.2) is 17.3 Å². The Kier molecular flexibility index (Phi) is 4.23. The summed E-state index contributed by atoms with van der Waals surface area (Å²) in [6.07, 6.45) is 2.51. The summed E-state index contributed by atoms with van der Waals surface area (Å²) in [5.41, 5.74) is 0. The third-order valence-corrected chi connectivity index (χ3v) is 3.85. The predicted molar refractivity (Wildman–Crippen MR) is 86.9 cm³/mol. The van der Waals surface area contributed by atoms with Crippen molar-refractivity contribution in [3.05, 3.63) is 42.0 Å². The molecule has 1 aliphatic heterocycles. The molecule has 6 heteroatoms. The van der Waals surface area contributed by atoms with Crippen molar-refractivity contribution in [1.29, 1.82) is 0 Å². The number of nitrogens with zero attached hydrogens (tertiary/aromatic N) is 3. The number of furan rings is 1. The van der Waals surface area contributed by atoms with Crippen molar-refractivity contribution in [1.82, 2.24) is 9.88 Å². The summed E-state index contributed by atoms with van der Waals surface area (Å²) in [5, 5.41) is 0. The zero-order chi connectivity index (χ0) is 16.4. The van der Waals surface area contributed by atoms with Crippen LogP contribution in [-0.4, -0.2) is 49.1 Å². The molecule has 1 saturated heterocycles. The number of amides is 1. The van der Waals surface area contributed by atoms with Gasteiger partial charge in [-0.25, -0.2) is 4.98 Å². The molecule has 0 N–H and O–H groups in total. The average Bonchev–Trinajstić information content (AvgIpc) is 3.16. The summed E-state index contributed by atoms with van der Waals surface area (Å²) in [6, 6.07) is 7.28. The summed E-state index contributed by atoms with van der Waals surface area (Å²) in [7, 11) is 3.86. The molecule has 0 saturated carbocycles. The van der Waals surface area contributed by atoms with Gasteiger partial charge in [0.1, 0.15) is 11.9 Å². The van der Waals surface area contributed by atoms with Crippen molar-refractivity contribution < 1.29 is 13.9 Å². The monoisotopic (exact) mass is 315 g/mol. The van der Waals surface area contributed by atoms with Crippen molar-refractivity contribution in [2.24, 2.45) is 0 Å². The summed E-state index contributed by atoms with van der Waals surface area (Å²) >= 11 is 0. The van der Waals surface area contributed by atoms with Crippen LogP contribution in [0.3, 0.4) is 0 Å². The number of carbonyl (C=O) groups excluding carboxylic acids is 1. The zero-order valence-corrected chi connectivity index (χ0v) is 13.7. The SMILES string of the molecule is Cc1ccc(C(=O)N2CC[C@H](Oc3cccnc3N(C)C)C2)o1. The number of hydrogen-bond acceptors (Lipinski definition) is 5. The highest BCUT2D eigenvalue weighted by Gasteiger charge is 2.30. The van der Waals surface area contributed by atoms with Crippen molar-refractivity contribution in [2.75, 3.05) is 32.1 Å². The van der Waals surface area contributed by atoms with Crippen LogP contribution in [-0.2, 0) is 0 Å². The van der Waals surface area contributed by atoms with Crippen LogP contribution < -0.4 is 9.64 Å². The molecule has 2 aromatic heterocycles. The molecule has 0 unspecified atom stereocenters. The number of pyridine rings is 1. The molecule has 0 aromatic carbocycles. The van der Waals surface area contributed by atoms with Crippen LogP contribution in [0.15, 0.2) is 34.9 Å². The first-order valence-corrected chi connectivity index (χ1v) is 7.69. The lowest BCUT2D eigenvalue weighted by molar-refractivity contribution is 0.0739. The van der Waals surface area contributed by atoms with Crippen LogP contribution in [0, 0.1) is 6.92 Å². The lowest BCUT2D eigenvalue weighted by Crippen LogP contribution is -2.30. The maximum atomic E-state index is 12.4. The molecule has 2 aromatic rings. The summed E-state index contributed by atoms with van der Waals surface area (Å²) in [5.74, 6) is 2.58. The van der Waals surface area contributed by atoms with E-state index < -0.39 is 0 Å². The van der Waals surface area contributed by atoms with Crippen LogP contribution in [0.2, 0.25) is 0 Å². The van der Waals surface area contributed by atoms with Gasteiger partial charge >= 0.3 is 0 Å². The number of ether oxygens (including phenoxy) is 1. The Hall–Kier alpha value is -2.50. The maximum Gasteiger partial charge on any atom is 0.289 e. The number of aromatic nitrogens is 1. The van der Waals surface area contributed by atoms with Crippen LogP contribution in [0.25, 0.3) is 0 Å². The standard InChI is InChI=1S/C17H21N3O3/c1-12-6-7-15(22-12)17(21)20-10-8-13(11-20)23-14-5-4-9-18-16(14)19(2)3/h4-7,9,13H,8,10-11H2,1-3H3/t13-/m0/s1. The smallest absolute Gasteiger partial charge is 0.289 e. The van der Waals surface area contributed by atoms with Crippen molar-refractivity contribution in [3.8, 4) is 5.75 Å². The first-order chi connectivity index (χ1) is 11.0. The highest BCUT2D eigenvalue weighted by molar-refractivity contribution is 5.91. The number of anilines is 1. The van der Waals surface area contributed by atoms with Crippen LogP contribution in [0.1, 0.15) is 22.7 Å². The fraction of sp³-hybridized carbons (Fsp3) is 0.412. The van der Waals surface area contributed by atoms with Gasteiger partial charge in [0.2, 0.25) is 0 Å². The second-order valence-corrected chi connectivity index (χ2v) is 5.91. The van der Waals surface area contributed by atoms with E-state index in [4.69, 9.17) is 9.15 Å². The molecule has 3 heterocycles. The quantitative estimate of drug-likeness (QED) is 0.867. The highest BCUT2D eigenvalue weighted by Crippen LogP contribution is 2.27. The van der Waals surface area contributed by atoms with E-state index in [1.165, 1.54) is 0 Å². The molecule has 6 nitrogen and oxygen atoms in total. The van der Waals surface area contributed by atoms with Gasteiger partial charge in [-0.1, -0.05) is 0 Å². The second kappa shape index (κ2) is 6.32. The predicted octanol–water partition coefficient (Wildman–Crippen LogP) is 2.34. The molecule has 0 spiro atoms. The maximum absolute atomic E-state index is 12.4. The number of rotatable bonds is 4. The third-order valence-electron chi connectivity index (χ3n) is 3.85. The minimum atomic E-state index is -0.0804. The van der Waals surface area contributed by atoms with Crippen molar-refractivity contribution >= 4 is 11.7 Å². The zero-order valence-electron chi connectivity index (χ0n) is 13.7. The highest BCUT2D eigenvalue weighted by atomic mass is 16.5. The Morgan fingerprint density at radius 3 is 2.91 bits per heavy atom. The Bertz CT molecular complexity index is 696. The van der Waals surface area contributed by atoms with Gasteiger partial charge in [-0.05, 0) is 31.2 Å². The first kappa shape index (κ1) is 15.4. The van der Waals surface area contributed by atoms with E-state index in [0.717, 1.165) is 23.7 Å². The average molecular weight is 315 g/mol. The van der Waals surface area contributed by atoms with Gasteiger partial charge in [-0.15, -0.1) is 0 Å². The lowest BCUT2D eigenvalue weighted by atomic mass is 10.3. The summed E-state index contributed by atoms with van der Waals surface area (Å²) in [6.45, 7) is 3.05. The van der Waals surface area contributed by atoms with Gasteiger partial charge in [-0.3, -0.25) is 4.79 Å². The minimum absolute atomic E-state index is 0.0297. The van der Waals surface area contributed by atoms with Gasteiger partial charge in [0, 0.05) is 33.3 Å². The molecule has 122 valence electrons. The summed E-state index contributed by atoms with van der Waals surface area (Å²) in [4.78, 5) is 20.4. The fourth-order valence-electron chi connectivity index (χ4n) is 2.70. The molecule has 1 aliphatic rings. The molecular weight excluding hydrogens is 294 g/mol. The number of hydrogen-bond donors (Lipinski definition) is 0. The van der Waals surface area contributed by atoms with Crippen LogP contribution in [0.4, 0.5) is 5.82 Å². The molecule has 23 heavy (non-hydrogen) atoms. The summed E-state index contributed by atoms with van der Waals surface area (Å²) < 4.78 is 11.5. The van der Waals surface area contributed by atoms with Crippen molar-refractivity contribution in [3.63, 3.8) is 0 Å². The fourth-order valence-corrected chi connectivity index (χ4v) is 2.70. The molecule has 3 rings (SSSR count). The molecular formula is C17H21N3O3. The van der Waals surface area contributed by atoms with E-state index in [0.29, 0.717) is 18.8 Å². The van der Waals surface area contributed by atoms with Crippen LogP contribution in [0.5, 0.6) is 5.75 Å². The molecule has 1 fully saturated rings. The van der Waals surface area contributed by atoms with Gasteiger partial charge in [0.25, 0.3) is 5.91 Å². The lowest BCUT2D eigenvalue weighted by Gasteiger charge is -2.20. The molecule has 0 aliphatic carbocycles. The van der Waals surface area contributed by atoms with E-state index in [9.17, 15) is 4.79 Å². The normalized spacial score (nSPS) is 17.3. The second-order valence-electron chi connectivity index (χ2n) is 5.91. The molecule has 1 atom stereocenters. The minimum Gasteiger partial charge on any atom is -0.485 e. The van der Waals surface area contributed by atoms with Crippen LogP contribution >= 0.6 is 0 Å². The Labute approximate surface area is 135 Å². The number of carbonyl (C=O) groups is 1. The molecule has 1 amide bonds. The van der Waals surface area contributed by atoms with E-state index in [2.05, 4.69) is 4.98 Å². The first-order valence-electron chi connectivity index (χ1n) is 7.69. The van der Waals surface area contributed by atoms with Crippen molar-refractivity contribution in [2.45, 2.75) is 19.4 Å². The van der Waals surface area contributed by atoms with Gasteiger partial charge in [0.05, 0.1) is 6.54 Å². The van der Waals surface area contributed by atoms with E-state index in [1.54, 1.807) is 23.2 Å². The van der Waals surface area contributed by atoms with Gasteiger partial charge < -0.3 is 19.0 Å². The topological polar surface area (TPSA) is 58.8 Å². The van der Waals surface area contributed by atoms with E-state index in [1.807, 2.05) is 38.1 Å².